The van der Waals surface area contributed by atoms with Crippen LogP contribution in [0, 0.1) is 0 Å². The Labute approximate surface area is 194 Å². The summed E-state index contributed by atoms with van der Waals surface area (Å²) in [5.74, 6) is -0.866. The van der Waals surface area contributed by atoms with Crippen molar-refractivity contribution in [3.05, 3.63) is 57.5 Å². The number of carbonyl (C=O) groups is 1. The van der Waals surface area contributed by atoms with Gasteiger partial charge in [0.1, 0.15) is 17.0 Å². The summed E-state index contributed by atoms with van der Waals surface area (Å²) in [6.07, 6.45) is 2.54. The molecule has 1 saturated heterocycles. The minimum Gasteiger partial charge on any atom is -0.490 e. The molecule has 2 aliphatic rings. The van der Waals surface area contributed by atoms with Gasteiger partial charge < -0.3 is 19.8 Å². The van der Waals surface area contributed by atoms with Gasteiger partial charge in [0.05, 0.1) is 17.3 Å². The Morgan fingerprint density at radius 2 is 2.16 bits per heavy atom. The number of hydrogen-bond donors (Lipinski definition) is 3. The van der Waals surface area contributed by atoms with Gasteiger partial charge in [-0.15, -0.1) is 0 Å². The van der Waals surface area contributed by atoms with E-state index < -0.39 is 11.8 Å². The summed E-state index contributed by atoms with van der Waals surface area (Å²) in [5, 5.41) is 17.3. The number of carbonyl (C=O) groups excluding carboxylic acids is 1. The molecule has 0 unspecified atom stereocenters. The average Bonchev–Trinajstić information content (AvgIpc) is 2.79. The van der Waals surface area contributed by atoms with E-state index >= 15 is 0 Å². The second kappa shape index (κ2) is 8.32. The molecular weight excluding hydrogens is 506 g/mol. The van der Waals surface area contributed by atoms with Crippen molar-refractivity contribution >= 4 is 56.1 Å². The largest absolute Gasteiger partial charge is 0.490 e. The maximum Gasteiger partial charge on any atom is 0.299 e. The van der Waals surface area contributed by atoms with Gasteiger partial charge in [-0.2, -0.15) is 15.2 Å². The van der Waals surface area contributed by atoms with E-state index in [0.29, 0.717) is 35.6 Å². The number of hydrogen-bond acceptors (Lipinski definition) is 7. The molecule has 0 radical (unpaired) electrons. The maximum atomic E-state index is 12.8. The van der Waals surface area contributed by atoms with Crippen LogP contribution in [0.2, 0.25) is 5.02 Å². The van der Waals surface area contributed by atoms with Crippen molar-refractivity contribution in [2.75, 3.05) is 11.9 Å². The lowest BCUT2D eigenvalue weighted by molar-refractivity contribution is -0.128. The molecule has 0 saturated carbocycles. The minimum absolute atomic E-state index is 0.154. The number of aliphatic imine (C=N–C) groups is 1. The zero-order valence-electron chi connectivity index (χ0n) is 16.5. The van der Waals surface area contributed by atoms with Crippen LogP contribution in [0.3, 0.4) is 0 Å². The first kappa shape index (κ1) is 20.6. The molecule has 2 aromatic carbocycles. The van der Waals surface area contributed by atoms with Crippen LogP contribution >= 0.6 is 27.5 Å². The third-order valence-electron chi connectivity index (χ3n) is 4.93. The predicted molar refractivity (Wildman–Crippen MR) is 120 cm³/mol. The van der Waals surface area contributed by atoms with E-state index in [1.165, 1.54) is 5.06 Å². The minimum atomic E-state index is -0.691. The lowest BCUT2D eigenvalue weighted by Gasteiger charge is -2.32. The van der Waals surface area contributed by atoms with E-state index in [0.717, 1.165) is 22.2 Å². The number of aliphatic hydroxyl groups is 1. The summed E-state index contributed by atoms with van der Waals surface area (Å²) in [6.45, 7) is 0.591. The zero-order valence-corrected chi connectivity index (χ0v) is 18.8. The van der Waals surface area contributed by atoms with Gasteiger partial charge in [-0.3, -0.25) is 9.42 Å². The summed E-state index contributed by atoms with van der Waals surface area (Å²) < 4.78 is 12.0. The van der Waals surface area contributed by atoms with Gasteiger partial charge in [0.15, 0.2) is 5.58 Å². The van der Waals surface area contributed by atoms with Crippen LogP contribution < -0.4 is 5.32 Å². The van der Waals surface area contributed by atoms with Crippen molar-refractivity contribution in [1.29, 1.82) is 0 Å². The van der Waals surface area contributed by atoms with Crippen molar-refractivity contribution in [2.45, 2.75) is 19.3 Å². The van der Waals surface area contributed by atoms with Crippen molar-refractivity contribution in [1.82, 2.24) is 15.1 Å². The summed E-state index contributed by atoms with van der Waals surface area (Å²) in [7, 11) is 0. The monoisotopic (exact) mass is 521 g/mol. The van der Waals surface area contributed by atoms with E-state index in [2.05, 4.69) is 31.4 Å². The molecule has 0 spiro atoms. The number of aromatic amines is 1. The van der Waals surface area contributed by atoms with Gasteiger partial charge in [0.2, 0.25) is 0 Å². The third kappa shape index (κ3) is 3.84. The Balaban J connectivity index is 1.43. The number of nitrogens with one attached hydrogen (secondary N) is 2. The molecule has 3 aromatic rings. The van der Waals surface area contributed by atoms with Crippen LogP contribution in [0.15, 0.2) is 66.7 Å². The van der Waals surface area contributed by atoms with Gasteiger partial charge in [-0.05, 0) is 48.1 Å². The Hall–Kier alpha value is -3.31. The summed E-state index contributed by atoms with van der Waals surface area (Å²) >= 11 is 9.90. The highest BCUT2D eigenvalue weighted by atomic mass is 79.9. The van der Waals surface area contributed by atoms with Gasteiger partial charge in [-0.25, -0.2) is 0 Å². The Morgan fingerprint density at radius 3 is 3.03 bits per heavy atom. The smallest absolute Gasteiger partial charge is 0.299 e. The molecular formula is C20H17BrClN5O5. The van der Waals surface area contributed by atoms with Crippen LogP contribution in [0.4, 0.5) is 5.69 Å². The van der Waals surface area contributed by atoms with E-state index in [1.54, 1.807) is 30.3 Å². The highest BCUT2D eigenvalue weighted by molar-refractivity contribution is 9.10. The number of anilines is 1. The fraction of sp³-hybridized carbons (Fsp3) is 0.200. The SMILES string of the molecule is O=C(Nc1cccc(-n2o[nH]c3cc(Br)ccc3o2)c1Cl)C1=C(O)N=C2CCCCN2O1. The molecule has 12 heteroatoms. The number of benzene rings is 2. The first-order chi connectivity index (χ1) is 15.5. The molecule has 0 bridgehead atoms. The molecule has 1 fully saturated rings. The first-order valence-electron chi connectivity index (χ1n) is 9.76. The van der Waals surface area contributed by atoms with E-state index in [9.17, 15) is 9.90 Å². The van der Waals surface area contributed by atoms with E-state index in [-0.39, 0.29) is 16.5 Å². The lowest BCUT2D eigenvalue weighted by Crippen LogP contribution is -2.40. The Bertz CT molecular complexity index is 1310. The number of fused-ring (bicyclic) bond motifs is 2. The zero-order chi connectivity index (χ0) is 22.2. The number of H-pyrrole nitrogens is 1. The number of hydroxylamine groups is 2. The number of rotatable bonds is 3. The number of piperidine rings is 1. The number of aromatic nitrogens is 2. The normalized spacial score (nSPS) is 15.8. The highest BCUT2D eigenvalue weighted by Gasteiger charge is 2.30. The van der Waals surface area contributed by atoms with Gasteiger partial charge >= 0.3 is 0 Å². The summed E-state index contributed by atoms with van der Waals surface area (Å²) in [6, 6.07) is 10.3. The summed E-state index contributed by atoms with van der Waals surface area (Å²) in [5.41, 5.74) is 1.75. The van der Waals surface area contributed by atoms with Crippen LogP contribution in [0.5, 0.6) is 0 Å². The molecule has 5 rings (SSSR count). The van der Waals surface area contributed by atoms with E-state index in [4.69, 9.17) is 25.6 Å². The number of amidine groups is 1. The molecule has 1 amide bonds. The standard InChI is InChI=1S/C20H17BrClN5O5/c21-11-7-8-15-13(10-11)25-32-27(30-15)14-5-3-4-12(17(14)22)23-19(28)18-20(29)24-16-6-1-2-9-26(16)31-18/h3-5,7-8,10,25,29H,1-2,6,9H2,(H,23,28). The van der Waals surface area contributed by atoms with Crippen molar-refractivity contribution < 1.29 is 23.9 Å². The van der Waals surface area contributed by atoms with Gasteiger partial charge in [-0.1, -0.05) is 33.6 Å². The summed E-state index contributed by atoms with van der Waals surface area (Å²) in [4.78, 5) is 23.5. The third-order valence-corrected chi connectivity index (χ3v) is 5.82. The molecule has 2 aliphatic heterocycles. The maximum absolute atomic E-state index is 12.8. The van der Waals surface area contributed by atoms with Crippen LogP contribution in [-0.4, -0.2) is 38.5 Å². The number of nitrogens with zero attached hydrogens (tertiary/aromatic N) is 3. The fourth-order valence-corrected chi connectivity index (χ4v) is 3.97. The number of halogens is 2. The highest BCUT2D eigenvalue weighted by Crippen LogP contribution is 2.31. The van der Waals surface area contributed by atoms with Gasteiger partial charge in [0.25, 0.3) is 17.5 Å². The Kier molecular flexibility index (Phi) is 5.35. The molecule has 3 N–H and O–H groups in total. The van der Waals surface area contributed by atoms with Crippen LogP contribution in [-0.2, 0) is 9.63 Å². The van der Waals surface area contributed by atoms with Crippen molar-refractivity contribution in [2.24, 2.45) is 4.99 Å². The molecule has 166 valence electrons. The van der Waals surface area contributed by atoms with Crippen LogP contribution in [0.1, 0.15) is 19.3 Å². The average molecular weight is 523 g/mol. The molecule has 3 heterocycles. The second-order valence-electron chi connectivity index (χ2n) is 7.11. The Morgan fingerprint density at radius 1 is 1.28 bits per heavy atom. The van der Waals surface area contributed by atoms with Crippen molar-refractivity contribution in [3.8, 4) is 5.69 Å². The molecule has 1 aromatic heterocycles. The quantitative estimate of drug-likeness (QED) is 0.436. The first-order valence-corrected chi connectivity index (χ1v) is 10.9. The number of aliphatic hydroxyl groups excluding tert-OH is 1. The van der Waals surface area contributed by atoms with Gasteiger partial charge in [0, 0.05) is 10.9 Å². The molecule has 0 atom stereocenters. The molecule has 32 heavy (non-hydrogen) atoms. The fourth-order valence-electron chi connectivity index (χ4n) is 3.36. The lowest BCUT2D eigenvalue weighted by atomic mass is 10.1. The molecule has 0 aliphatic carbocycles. The molecule has 10 nitrogen and oxygen atoms in total. The predicted octanol–water partition coefficient (Wildman–Crippen LogP) is 5.18. The number of amides is 1. The van der Waals surface area contributed by atoms with E-state index in [1.807, 2.05) is 6.07 Å². The topological polar surface area (TPSA) is 121 Å². The second-order valence-corrected chi connectivity index (χ2v) is 8.40. The van der Waals surface area contributed by atoms with Crippen molar-refractivity contribution in [3.63, 3.8) is 0 Å². The van der Waals surface area contributed by atoms with Crippen LogP contribution in [0.25, 0.3) is 16.8 Å².